The minimum absolute atomic E-state index is 0.0189. The van der Waals surface area contributed by atoms with Crippen molar-refractivity contribution in [1.82, 2.24) is 5.32 Å². The Kier molecular flexibility index (Phi) is 9.25. The minimum Gasteiger partial charge on any atom is -0.488 e. The lowest BCUT2D eigenvalue weighted by Gasteiger charge is -2.25. The zero-order valence-electron chi connectivity index (χ0n) is 24.9. The van der Waals surface area contributed by atoms with E-state index in [0.29, 0.717) is 28.3 Å². The van der Waals surface area contributed by atoms with Crippen LogP contribution in [0.2, 0.25) is 0 Å². The molecular formula is C38H31N3O5. The molecule has 228 valence electrons. The normalized spacial score (nSPS) is 14.0. The van der Waals surface area contributed by atoms with Gasteiger partial charge in [-0.05, 0) is 29.3 Å². The monoisotopic (exact) mass is 609 g/mol. The first-order valence-electron chi connectivity index (χ1n) is 14.9. The number of hydrogen-bond acceptors (Lipinski definition) is 6. The molecule has 1 heterocycles. The van der Waals surface area contributed by atoms with Crippen LogP contribution >= 0.6 is 0 Å². The van der Waals surface area contributed by atoms with E-state index in [1.807, 2.05) is 103 Å². The van der Waals surface area contributed by atoms with Crippen LogP contribution in [0.3, 0.4) is 0 Å². The summed E-state index contributed by atoms with van der Waals surface area (Å²) < 4.78 is 11.5. The third-order valence-corrected chi connectivity index (χ3v) is 7.45. The molecule has 0 bridgehead atoms. The van der Waals surface area contributed by atoms with Gasteiger partial charge in [-0.3, -0.25) is 14.9 Å². The number of carbonyl (C=O) groups is 3. The van der Waals surface area contributed by atoms with Crippen molar-refractivity contribution in [1.29, 1.82) is 0 Å². The van der Waals surface area contributed by atoms with Gasteiger partial charge in [0.1, 0.15) is 19.0 Å². The number of anilines is 1. The predicted octanol–water partition coefficient (Wildman–Crippen LogP) is 6.59. The average Bonchev–Trinajstić information content (AvgIpc) is 3.22. The molecule has 0 spiro atoms. The Morgan fingerprint density at radius 2 is 1.28 bits per heavy atom. The fraction of sp³-hybridized carbons (Fsp3) is 0.105. The summed E-state index contributed by atoms with van der Waals surface area (Å²) in [6.45, 7) is -0.0105. The third kappa shape index (κ3) is 7.03. The van der Waals surface area contributed by atoms with E-state index in [1.165, 1.54) is 4.90 Å². The lowest BCUT2D eigenvalue weighted by atomic mass is 10.00. The second-order valence-corrected chi connectivity index (χ2v) is 10.6. The summed E-state index contributed by atoms with van der Waals surface area (Å²) in [7, 11) is 0. The van der Waals surface area contributed by atoms with Gasteiger partial charge >= 0.3 is 6.09 Å². The first-order valence-corrected chi connectivity index (χ1v) is 14.9. The number of aliphatic imine (C=N–C) groups is 1. The number of benzodiazepines with no additional fused rings is 1. The quantitative estimate of drug-likeness (QED) is 0.180. The molecule has 5 aromatic carbocycles. The molecule has 8 nitrogen and oxygen atoms in total. The van der Waals surface area contributed by atoms with Crippen LogP contribution < -0.4 is 15.0 Å². The van der Waals surface area contributed by atoms with E-state index in [9.17, 15) is 14.4 Å². The van der Waals surface area contributed by atoms with Crippen LogP contribution in [0.25, 0.3) is 0 Å². The van der Waals surface area contributed by atoms with E-state index in [4.69, 9.17) is 14.5 Å². The number of fused-ring (bicyclic) bond motifs is 1. The van der Waals surface area contributed by atoms with Crippen LogP contribution in [0.1, 0.15) is 32.6 Å². The van der Waals surface area contributed by atoms with Crippen molar-refractivity contribution in [3.63, 3.8) is 0 Å². The molecule has 8 heteroatoms. The van der Waals surface area contributed by atoms with Gasteiger partial charge in [-0.25, -0.2) is 9.79 Å². The number of nitrogens with one attached hydrogen (secondary N) is 1. The Morgan fingerprint density at radius 1 is 0.696 bits per heavy atom. The van der Waals surface area contributed by atoms with E-state index in [-0.39, 0.29) is 25.5 Å². The number of hydrogen-bond donors (Lipinski definition) is 1. The van der Waals surface area contributed by atoms with Crippen LogP contribution in [0.4, 0.5) is 10.5 Å². The largest absolute Gasteiger partial charge is 0.488 e. The summed E-state index contributed by atoms with van der Waals surface area (Å²) in [5, 5.41) is 2.63. The smallest absolute Gasteiger partial charge is 0.409 e. The standard InChI is InChI=1S/C38H31N3O5/c42-33(31-21-11-13-23-34(31)45-25-27-14-4-1-5-15-27)24-41-32-22-12-10-20-30(32)35(29-18-8-3-9-19-29)39-36(37(41)43)40-38(44)46-26-28-16-6-2-7-17-28/h1-23,36H,24-26H2,(H,40,44). The Balaban J connectivity index is 1.30. The number of carbonyl (C=O) groups excluding carboxylic acids is 3. The van der Waals surface area contributed by atoms with E-state index in [2.05, 4.69) is 5.32 Å². The van der Waals surface area contributed by atoms with Gasteiger partial charge < -0.3 is 14.4 Å². The number of nitrogens with zero attached hydrogens (tertiary/aromatic N) is 2. The summed E-state index contributed by atoms with van der Waals surface area (Å²) in [5.74, 6) is -0.501. The van der Waals surface area contributed by atoms with Crippen LogP contribution in [0.15, 0.2) is 145 Å². The Bertz CT molecular complexity index is 1860. The van der Waals surface area contributed by atoms with E-state index < -0.39 is 18.2 Å². The molecule has 5 aromatic rings. The Hall–Kier alpha value is -6.02. The first-order chi connectivity index (χ1) is 22.6. The Labute approximate surface area is 266 Å². The zero-order valence-corrected chi connectivity index (χ0v) is 24.9. The van der Waals surface area contributed by atoms with Crippen molar-refractivity contribution in [3.05, 3.63) is 167 Å². The summed E-state index contributed by atoms with van der Waals surface area (Å²) in [6, 6.07) is 42.5. The van der Waals surface area contributed by atoms with E-state index in [0.717, 1.165) is 16.7 Å². The highest BCUT2D eigenvalue weighted by Crippen LogP contribution is 2.29. The minimum atomic E-state index is -1.36. The van der Waals surface area contributed by atoms with Gasteiger partial charge in [-0.15, -0.1) is 0 Å². The van der Waals surface area contributed by atoms with Crippen LogP contribution in [0, 0.1) is 0 Å². The molecule has 2 amide bonds. The second kappa shape index (κ2) is 14.2. The molecule has 1 unspecified atom stereocenters. The van der Waals surface area contributed by atoms with Gasteiger partial charge in [0.25, 0.3) is 5.91 Å². The second-order valence-electron chi connectivity index (χ2n) is 10.6. The molecule has 1 atom stereocenters. The number of benzene rings is 5. The molecule has 0 aliphatic carbocycles. The molecule has 1 N–H and O–H groups in total. The van der Waals surface area contributed by atoms with Crippen LogP contribution in [0.5, 0.6) is 5.75 Å². The number of amides is 2. The van der Waals surface area contributed by atoms with Gasteiger partial charge in [0.15, 0.2) is 5.78 Å². The summed E-state index contributed by atoms with van der Waals surface area (Å²) in [4.78, 5) is 47.3. The highest BCUT2D eigenvalue weighted by Gasteiger charge is 2.35. The molecule has 0 radical (unpaired) electrons. The number of rotatable bonds is 10. The predicted molar refractivity (Wildman–Crippen MR) is 176 cm³/mol. The number of ketones is 1. The highest BCUT2D eigenvalue weighted by atomic mass is 16.5. The maximum absolute atomic E-state index is 14.2. The van der Waals surface area contributed by atoms with Crippen molar-refractivity contribution in [2.45, 2.75) is 19.4 Å². The molecule has 1 aliphatic rings. The van der Waals surface area contributed by atoms with Gasteiger partial charge in [-0.2, -0.15) is 0 Å². The first kappa shape index (κ1) is 30.0. The molecular weight excluding hydrogens is 578 g/mol. The van der Waals surface area contributed by atoms with Crippen molar-refractivity contribution in [2.24, 2.45) is 4.99 Å². The number of Topliss-reactive ketones (excluding diaryl/α,β-unsaturated/α-hetero) is 1. The lowest BCUT2D eigenvalue weighted by molar-refractivity contribution is -0.120. The zero-order chi connectivity index (χ0) is 31.7. The average molecular weight is 610 g/mol. The summed E-state index contributed by atoms with van der Waals surface area (Å²) in [5.41, 5.74) is 4.48. The van der Waals surface area contributed by atoms with E-state index >= 15 is 0 Å². The van der Waals surface area contributed by atoms with Gasteiger partial charge in [0.05, 0.1) is 23.5 Å². The number of alkyl carbamates (subject to hydrolysis) is 1. The topological polar surface area (TPSA) is 97.3 Å². The van der Waals surface area contributed by atoms with Crippen LogP contribution in [-0.2, 0) is 22.7 Å². The lowest BCUT2D eigenvalue weighted by Crippen LogP contribution is -2.49. The van der Waals surface area contributed by atoms with Gasteiger partial charge in [0, 0.05) is 11.1 Å². The maximum atomic E-state index is 14.2. The van der Waals surface area contributed by atoms with E-state index in [1.54, 1.807) is 36.4 Å². The molecule has 0 aromatic heterocycles. The molecule has 0 saturated carbocycles. The highest BCUT2D eigenvalue weighted by molar-refractivity contribution is 6.21. The molecule has 0 saturated heterocycles. The molecule has 0 fully saturated rings. The van der Waals surface area contributed by atoms with Crippen molar-refractivity contribution >= 4 is 29.2 Å². The molecule has 1 aliphatic heterocycles. The van der Waals surface area contributed by atoms with Crippen molar-refractivity contribution in [3.8, 4) is 5.75 Å². The summed E-state index contributed by atoms with van der Waals surface area (Å²) in [6.07, 6.45) is -2.17. The SMILES string of the molecule is O=C(NC1N=C(c2ccccc2)c2ccccc2N(CC(=O)c2ccccc2OCc2ccccc2)C1=O)OCc1ccccc1. The number of ether oxygens (including phenoxy) is 2. The number of para-hydroxylation sites is 2. The molecule has 6 rings (SSSR count). The third-order valence-electron chi connectivity index (χ3n) is 7.45. The van der Waals surface area contributed by atoms with Gasteiger partial charge in [-0.1, -0.05) is 121 Å². The fourth-order valence-electron chi connectivity index (χ4n) is 5.18. The van der Waals surface area contributed by atoms with Gasteiger partial charge in [0.2, 0.25) is 6.17 Å². The van der Waals surface area contributed by atoms with Crippen molar-refractivity contribution in [2.75, 3.05) is 11.4 Å². The van der Waals surface area contributed by atoms with Crippen LogP contribution in [-0.4, -0.2) is 36.2 Å². The maximum Gasteiger partial charge on any atom is 0.409 e. The Morgan fingerprint density at radius 3 is 2.00 bits per heavy atom. The van der Waals surface area contributed by atoms with Crippen molar-refractivity contribution < 1.29 is 23.9 Å². The fourth-order valence-corrected chi connectivity index (χ4v) is 5.18. The summed E-state index contributed by atoms with van der Waals surface area (Å²) >= 11 is 0. The molecule has 46 heavy (non-hydrogen) atoms.